The van der Waals surface area contributed by atoms with E-state index >= 15 is 0 Å². The van der Waals surface area contributed by atoms with Gasteiger partial charge < -0.3 is 92.2 Å². The number of fused-ring (bicyclic) bond motifs is 6. The van der Waals surface area contributed by atoms with Crippen LogP contribution in [0, 0.1) is 71.0 Å². The number of methoxy groups -OCH3 is 7. The molecule has 8 rings (SSSR count). The van der Waals surface area contributed by atoms with Crippen LogP contribution in [0.5, 0.6) is 0 Å². The minimum Gasteiger partial charge on any atom is -0.460 e. The van der Waals surface area contributed by atoms with E-state index in [1.165, 1.54) is 24.0 Å². The van der Waals surface area contributed by atoms with Crippen LogP contribution < -0.4 is 0 Å². The van der Waals surface area contributed by atoms with Crippen LogP contribution in [-0.4, -0.2) is 279 Å². The van der Waals surface area contributed by atoms with Crippen LogP contribution in [0.3, 0.4) is 0 Å². The lowest BCUT2D eigenvalue weighted by molar-refractivity contribution is -0.265. The zero-order valence-electron chi connectivity index (χ0n) is 84.7. The van der Waals surface area contributed by atoms with Gasteiger partial charge in [-0.3, -0.25) is 38.4 Å². The van der Waals surface area contributed by atoms with Crippen molar-refractivity contribution < 1.29 is 130 Å². The monoisotopic (exact) mass is 1900 g/mol. The third-order valence-electron chi connectivity index (χ3n) is 29.8. The first-order chi connectivity index (χ1) is 64.0. The molecule has 0 aromatic heterocycles. The third kappa shape index (κ3) is 32.6. The molecule has 2 saturated carbocycles. The van der Waals surface area contributed by atoms with Gasteiger partial charge in [-0.1, -0.05) is 142 Å². The van der Waals surface area contributed by atoms with Crippen LogP contribution >= 0.6 is 0 Å². The maximum absolute atomic E-state index is 14.5. The van der Waals surface area contributed by atoms with E-state index < -0.39 is 162 Å². The van der Waals surface area contributed by atoms with Crippen LogP contribution in [0.1, 0.15) is 257 Å². The average molecular weight is 1900 g/mol. The summed E-state index contributed by atoms with van der Waals surface area (Å²) in [7, 11) is 10.8. The largest absolute Gasteiger partial charge is 0.460 e. The second-order valence-electron chi connectivity index (χ2n) is 40.4. The van der Waals surface area contributed by atoms with Crippen LogP contribution in [0.2, 0.25) is 0 Å². The standard InChI is InChI=1S/C55H87NO14.C51H79NO13/c1-34-18-13-12-14-19-35(2)46(65-9)32-42-23-21-40(7)55(63,70-42)52(60)53(61)56-25-16-15-20-43(56)54(62)69-47(37(4)30-41-22-24-45(48(31-41)66-10)68-27-17-26-64-8)33-44(57)36(3)29-39(6)50(59)51(67-11)49(58)38(5)28-34;1-30-16-12-11-13-17-31(2)42(61-8)28-38-21-19-36(7)51(60,65-38)48(57)49(58)52-23-15-14-18-39(52)50(59)64-43(33(4)26-37-20-22-40(53)44(27-37)62-9)29-41(54)32(3)25-35(6)46(56)47(63-10)45(55)34(5)24-30/h12-14,18-19,29,34,36-38,40-43,45-48,50-51,59,63H,15-17,20-28,30-33H2,1-11H3;11-13,16-17,25,30,32-34,36-40,42-44,46-47,53,56,60H,14-15,18-24,26-29H2,1-10H3/b14-12+,18-13+,35-19+,39-29+;13-11?,16-12+,31-17?,35-25+/t34-,36-,37-,38-,40-,41+,42+,43+,45-,46+,47+,48-,50-,51+,55-;30-,32-,33-,34-,36-,37+,38+,39+,40-,42+,43+,44-,46-,47+,51-/m11/s1. The Labute approximate surface area is 803 Å². The first kappa shape index (κ1) is 115. The molecule has 4 saturated heterocycles. The number of hydrogen-bond donors (Lipinski definition) is 5. The molecule has 29 nitrogen and oxygen atoms in total. The van der Waals surface area contributed by atoms with Crippen molar-refractivity contribution in [2.75, 3.05) is 76.1 Å². The summed E-state index contributed by atoms with van der Waals surface area (Å²) in [6.07, 6.45) is 24.5. The number of aliphatic hydroxyl groups excluding tert-OH is 3. The van der Waals surface area contributed by atoms with Crippen molar-refractivity contribution in [1.29, 1.82) is 0 Å². The highest BCUT2D eigenvalue weighted by atomic mass is 16.6. The minimum atomic E-state index is -2.43. The highest BCUT2D eigenvalue weighted by Gasteiger charge is 2.56. The van der Waals surface area contributed by atoms with E-state index in [0.717, 1.165) is 36.8 Å². The Balaban J connectivity index is 0.000000369. The van der Waals surface area contributed by atoms with E-state index in [-0.39, 0.29) is 116 Å². The molecule has 2 amide bonds. The molecule has 2 aliphatic carbocycles. The highest BCUT2D eigenvalue weighted by Crippen LogP contribution is 2.42. The first-order valence-corrected chi connectivity index (χ1v) is 49.8. The molecule has 4 bridgehead atoms. The SMILES string of the molecule is COCCCO[C@@H]1CC[C@@H](C[C@@H](C)[C@@H]2CC(=O)[C@H](C)/C=C(\C)[C@@H](O)[C@@H](OC)C(=O)[C@H](C)C[C@H](C)/C=C/C=C/C=C(\C)[C@@H](OC)C[C@@H]3CC[C@@H](C)[C@@](O)(O3)C(=O)C(=O)N3CCCC[C@H]3C(=O)O2)C[C@H]1OC.CO[C@H]1C[C@@H]2CC[C@@H](C)[C@@](O)(O2)C(=O)C(=O)N2CCCC[C@H]2C(=O)O[C@H]([C@H](C)C[C@@H]2CC[C@@H](O)[C@H](OC)C2)CC(=O)[C@H](C)/C=C(\C)[C@@H](O)[C@@H](OC)C(=O)[C@H](C)C[C@H](C)/C=C/C=CC=C1C. The van der Waals surface area contributed by atoms with Crippen LogP contribution in [-0.2, 0) is 105 Å². The molecule has 0 aromatic carbocycles. The number of allylic oxidation sites excluding steroid dienone is 12. The molecular weight excluding hydrogens is 1730 g/mol. The molecule has 5 N–H and O–H groups in total. The Hall–Kier alpha value is -6.78. The molecule has 6 heterocycles. The lowest BCUT2D eigenvalue weighted by atomic mass is 9.78. The maximum atomic E-state index is 14.5. The molecule has 762 valence electrons. The van der Waals surface area contributed by atoms with Gasteiger partial charge in [-0.2, -0.15) is 0 Å². The molecule has 0 radical (unpaired) electrons. The summed E-state index contributed by atoms with van der Waals surface area (Å²) in [5.41, 5.74) is 2.55. The normalized spacial score (nSPS) is 38.7. The molecule has 0 unspecified atom stereocenters. The number of aliphatic hydroxyl groups is 5. The molecule has 135 heavy (non-hydrogen) atoms. The summed E-state index contributed by atoms with van der Waals surface area (Å²) < 4.78 is 70.6. The fourth-order valence-corrected chi connectivity index (χ4v) is 20.8. The first-order valence-electron chi connectivity index (χ1n) is 49.8. The van der Waals surface area contributed by atoms with Crippen molar-refractivity contribution in [1.82, 2.24) is 9.80 Å². The summed E-state index contributed by atoms with van der Waals surface area (Å²) in [6.45, 7) is 26.8. The molecule has 6 fully saturated rings. The third-order valence-corrected chi connectivity index (χ3v) is 29.8. The van der Waals surface area contributed by atoms with E-state index in [4.69, 9.17) is 56.8 Å². The molecule has 30 atom stereocenters. The Morgan fingerprint density at radius 1 is 0.437 bits per heavy atom. The van der Waals surface area contributed by atoms with Crippen molar-refractivity contribution in [2.24, 2.45) is 71.0 Å². The van der Waals surface area contributed by atoms with Gasteiger partial charge in [0.15, 0.2) is 11.6 Å². The number of nitrogens with zero attached hydrogens (tertiary/aromatic N) is 2. The minimum absolute atomic E-state index is 0.0193. The number of piperidine rings is 2. The maximum Gasteiger partial charge on any atom is 0.329 e. The van der Waals surface area contributed by atoms with Crippen LogP contribution in [0.15, 0.2) is 95.2 Å². The number of rotatable bonds is 17. The topological polar surface area (TPSA) is 389 Å². The van der Waals surface area contributed by atoms with Gasteiger partial charge in [0.25, 0.3) is 23.4 Å². The number of ether oxygens (including phenoxy) is 12. The van der Waals surface area contributed by atoms with Gasteiger partial charge in [0.1, 0.15) is 60.3 Å². The smallest absolute Gasteiger partial charge is 0.329 e. The van der Waals surface area contributed by atoms with Gasteiger partial charge in [0.05, 0.1) is 48.8 Å². The summed E-state index contributed by atoms with van der Waals surface area (Å²) in [6, 6.07) is -2.27. The summed E-state index contributed by atoms with van der Waals surface area (Å²) in [4.78, 5) is 144. The Kier molecular flexibility index (Phi) is 47.8. The van der Waals surface area contributed by atoms with Gasteiger partial charge in [-0.25, -0.2) is 9.59 Å². The molecule has 0 aromatic rings. The van der Waals surface area contributed by atoms with E-state index in [0.29, 0.717) is 134 Å². The predicted octanol–water partition coefficient (Wildman–Crippen LogP) is 13.4. The van der Waals surface area contributed by atoms with Gasteiger partial charge in [0, 0.05) is 137 Å². The second-order valence-corrected chi connectivity index (χ2v) is 40.4. The molecule has 8 aliphatic rings. The van der Waals surface area contributed by atoms with Gasteiger partial charge in [-0.15, -0.1) is 0 Å². The molecular formula is C106H166N2O27. The number of hydrogen-bond acceptors (Lipinski definition) is 27. The van der Waals surface area contributed by atoms with E-state index in [1.807, 2.05) is 116 Å². The average Bonchev–Trinajstić information content (AvgIpc) is 0.790. The Morgan fingerprint density at radius 3 is 1.24 bits per heavy atom. The zero-order chi connectivity index (χ0) is 99.9. The van der Waals surface area contributed by atoms with E-state index in [1.54, 1.807) is 89.2 Å². The number of Topliss-reactive ketones (excluding diaryl/α,β-unsaturated/α-hetero) is 6. The Bertz CT molecular complexity index is 4110. The number of cyclic esters (lactones) is 2. The number of esters is 2. The van der Waals surface area contributed by atoms with E-state index in [9.17, 15) is 73.5 Å². The molecule has 0 spiro atoms. The molecule has 29 heteroatoms. The van der Waals surface area contributed by atoms with Gasteiger partial charge in [-0.05, 0) is 220 Å². The van der Waals surface area contributed by atoms with Gasteiger partial charge in [0.2, 0.25) is 11.6 Å². The predicted molar refractivity (Wildman–Crippen MR) is 511 cm³/mol. The van der Waals surface area contributed by atoms with Gasteiger partial charge >= 0.3 is 11.9 Å². The highest BCUT2D eigenvalue weighted by molar-refractivity contribution is 6.39. The van der Waals surface area contributed by atoms with Crippen molar-refractivity contribution in [3.8, 4) is 0 Å². The van der Waals surface area contributed by atoms with Crippen molar-refractivity contribution in [3.63, 3.8) is 0 Å². The zero-order valence-corrected chi connectivity index (χ0v) is 84.7. The summed E-state index contributed by atoms with van der Waals surface area (Å²) in [5, 5.41) is 57.3. The van der Waals surface area contributed by atoms with Crippen molar-refractivity contribution in [3.05, 3.63) is 95.2 Å². The lowest BCUT2D eigenvalue weighted by Crippen LogP contribution is -2.61. The summed E-state index contributed by atoms with van der Waals surface area (Å²) in [5.74, 6) is -15.8. The number of amides is 2. The van der Waals surface area contributed by atoms with Crippen molar-refractivity contribution >= 4 is 58.5 Å². The fourth-order valence-electron chi connectivity index (χ4n) is 20.8. The van der Waals surface area contributed by atoms with Crippen LogP contribution in [0.4, 0.5) is 0 Å². The molecule has 6 aliphatic heterocycles. The fraction of sp³-hybridized carbons (Fsp3) is 0.755. The van der Waals surface area contributed by atoms with Crippen LogP contribution in [0.25, 0.3) is 0 Å². The number of ketones is 6. The number of carbonyl (C=O) groups excluding carboxylic acids is 10. The summed E-state index contributed by atoms with van der Waals surface area (Å²) >= 11 is 0. The Morgan fingerprint density at radius 2 is 0.844 bits per heavy atom. The second kappa shape index (κ2) is 56.0. The number of carbonyl (C=O) groups is 10. The van der Waals surface area contributed by atoms with E-state index in [2.05, 4.69) is 0 Å². The quantitative estimate of drug-likeness (QED) is 0.0391. The van der Waals surface area contributed by atoms with Crippen molar-refractivity contribution in [2.45, 2.75) is 367 Å². The lowest BCUT2D eigenvalue weighted by Gasteiger charge is -2.42.